The Morgan fingerprint density at radius 1 is 1.64 bits per heavy atom. The van der Waals surface area contributed by atoms with Crippen molar-refractivity contribution in [3.05, 3.63) is 12.4 Å². The van der Waals surface area contributed by atoms with Crippen LogP contribution in [0.1, 0.15) is 36.0 Å². The number of nitrogens with zero attached hydrogens (tertiary/aromatic N) is 3. The van der Waals surface area contributed by atoms with Gasteiger partial charge in [-0.1, -0.05) is 6.85 Å². The molecule has 0 unspecified atom stereocenters. The molecule has 1 aliphatic rings. The van der Waals surface area contributed by atoms with Crippen LogP contribution < -0.4 is 10.6 Å². The van der Waals surface area contributed by atoms with Crippen molar-refractivity contribution in [1.82, 2.24) is 9.97 Å². The Balaban J connectivity index is 2.89. The Hall–Kier alpha value is -1.32. The summed E-state index contributed by atoms with van der Waals surface area (Å²) < 4.78 is 94.9. The van der Waals surface area contributed by atoms with Gasteiger partial charge in [0.15, 0.2) is 0 Å². The van der Waals surface area contributed by atoms with Crippen LogP contribution in [0.4, 0.5) is 11.6 Å². The lowest BCUT2D eigenvalue weighted by Crippen LogP contribution is -2.33. The topological polar surface area (TPSA) is 55.0 Å². The van der Waals surface area contributed by atoms with Crippen LogP contribution in [-0.4, -0.2) is 23.0 Å². The van der Waals surface area contributed by atoms with Crippen molar-refractivity contribution in [2.75, 3.05) is 23.6 Å². The third-order valence-corrected chi connectivity index (χ3v) is 1.45. The van der Waals surface area contributed by atoms with Crippen molar-refractivity contribution in [3.8, 4) is 0 Å². The molecule has 0 radical (unpaired) electrons. The molecule has 1 aromatic heterocycles. The van der Waals surface area contributed by atoms with E-state index in [0.29, 0.717) is 0 Å². The van der Waals surface area contributed by atoms with E-state index in [-0.39, 0.29) is 10.7 Å². The summed E-state index contributed by atoms with van der Waals surface area (Å²) in [6.07, 6.45) is -5.48. The summed E-state index contributed by atoms with van der Waals surface area (Å²) in [6.45, 7) is -10.7. The molecule has 76 valence electrons. The molecule has 0 aliphatic carbocycles. The Bertz CT molecular complexity index is 686. The number of anilines is 2. The van der Waals surface area contributed by atoms with Crippen LogP contribution in [0.3, 0.4) is 0 Å². The highest BCUT2D eigenvalue weighted by Crippen LogP contribution is 2.20. The van der Waals surface area contributed by atoms with Crippen LogP contribution in [0.25, 0.3) is 0 Å². The van der Waals surface area contributed by atoms with Gasteiger partial charge in [0, 0.05) is 29.4 Å². The van der Waals surface area contributed by atoms with E-state index in [2.05, 4.69) is 9.97 Å². The van der Waals surface area contributed by atoms with Crippen LogP contribution in [0.15, 0.2) is 12.4 Å². The first-order valence-corrected chi connectivity index (χ1v) is 3.75. The smallest absolute Gasteiger partial charge is 0.149 e. The van der Waals surface area contributed by atoms with Crippen molar-refractivity contribution in [2.24, 2.45) is 5.89 Å². The van der Waals surface area contributed by atoms with Crippen molar-refractivity contribution in [1.29, 1.82) is 0 Å². The predicted molar refractivity (Wildman–Crippen MR) is 57.1 cm³/mol. The number of nitrogens with two attached hydrogens (primary N) is 1. The zero-order chi connectivity index (χ0) is 20.6. The normalized spacial score (nSPS) is 48.7. The molecule has 0 bridgehead atoms. The molecule has 2 N–H and O–H groups in total. The van der Waals surface area contributed by atoms with Crippen molar-refractivity contribution in [3.63, 3.8) is 0 Å². The minimum absolute atomic E-state index is 0.0158. The average Bonchev–Trinajstić information content (AvgIpc) is 2.42. The fourth-order valence-electron chi connectivity index (χ4n) is 0.875. The minimum atomic E-state index is -3.77. The summed E-state index contributed by atoms with van der Waals surface area (Å²) in [5, 5.41) is 0. The number of rotatable bonds is 1. The van der Waals surface area contributed by atoms with E-state index < -0.39 is 44.3 Å². The molecule has 2 heterocycles. The van der Waals surface area contributed by atoms with E-state index in [9.17, 15) is 0 Å². The van der Waals surface area contributed by atoms with Gasteiger partial charge < -0.3 is 10.6 Å². The summed E-state index contributed by atoms with van der Waals surface area (Å²) in [7, 11) is 0. The highest BCUT2D eigenvalue weighted by Gasteiger charge is 2.16. The summed E-state index contributed by atoms with van der Waals surface area (Å²) >= 11 is 0. The molecule has 1 aromatic rings. The highest BCUT2D eigenvalue weighted by atomic mass is 15.2. The zero-order valence-corrected chi connectivity index (χ0v) is 7.07. The Morgan fingerprint density at radius 3 is 3.07 bits per heavy atom. The molecule has 1 fully saturated rings. The van der Waals surface area contributed by atoms with Crippen LogP contribution in [-0.2, 0) is 0 Å². The predicted octanol–water partition coefficient (Wildman–Crippen LogP) is 1.30. The first-order chi connectivity index (χ1) is 11.4. The van der Waals surface area contributed by atoms with Crippen molar-refractivity contribution in [2.45, 2.75) is 19.6 Å². The van der Waals surface area contributed by atoms with Crippen LogP contribution in [0, 0.1) is 5.89 Å². The third-order valence-electron chi connectivity index (χ3n) is 1.45. The standard InChI is InChI=1S/C10H16N4/c1-8-2-4-14(5-3-8)10-7-12-6-9(11)13-10/h6-8H,2-5H2,1H3,(H2,11,13)/i1D3,2D2,3D2,4D2,5D2,8D. The van der Waals surface area contributed by atoms with Gasteiger partial charge in [0.2, 0.25) is 0 Å². The number of piperidine rings is 1. The second-order valence-corrected chi connectivity index (χ2v) is 2.49. The largest absolute Gasteiger partial charge is 0.382 e. The molecule has 1 saturated heterocycles. The lowest BCUT2D eigenvalue weighted by Gasteiger charge is -2.30. The molecule has 1 aliphatic heterocycles. The molecule has 0 saturated carbocycles. The molecule has 14 heavy (non-hydrogen) atoms. The number of nitrogen functional groups attached to an aromatic ring is 1. The summed E-state index contributed by atoms with van der Waals surface area (Å²) in [4.78, 5) is 7.28. The maximum absolute atomic E-state index is 8.10. The monoisotopic (exact) mass is 204 g/mol. The second-order valence-electron chi connectivity index (χ2n) is 2.49. The van der Waals surface area contributed by atoms with Crippen LogP contribution >= 0.6 is 0 Å². The first-order valence-electron chi connectivity index (χ1n) is 9.75. The van der Waals surface area contributed by atoms with Crippen molar-refractivity contribution < 1.29 is 16.4 Å². The molecule has 2 rings (SSSR count). The SMILES string of the molecule is [2H]C([2H])([2H])C1([2H])C([2H])([2H])C([2H])([2H])N(c2cncc(N)n2)C([2H])([2H])C1([2H])[2H]. The van der Waals surface area contributed by atoms with E-state index in [1.807, 2.05) is 0 Å². The maximum atomic E-state index is 8.10. The Kier molecular flexibility index (Phi) is 0.715. The molecule has 0 amide bonds. The fourth-order valence-corrected chi connectivity index (χ4v) is 0.875. The molecular formula is C10H16N4. The zero-order valence-electron chi connectivity index (χ0n) is 19.1. The van der Waals surface area contributed by atoms with E-state index >= 15 is 0 Å². The number of hydrogen-bond donors (Lipinski definition) is 1. The van der Waals surface area contributed by atoms with Gasteiger partial charge in [-0.25, -0.2) is 4.98 Å². The van der Waals surface area contributed by atoms with Gasteiger partial charge in [-0.15, -0.1) is 0 Å². The quantitative estimate of drug-likeness (QED) is 0.749. The van der Waals surface area contributed by atoms with Gasteiger partial charge in [0.05, 0.1) is 12.4 Å². The van der Waals surface area contributed by atoms with Gasteiger partial charge in [0.1, 0.15) is 11.6 Å². The molecule has 0 aromatic carbocycles. The first kappa shape index (κ1) is 2.62. The number of aromatic nitrogens is 2. The van der Waals surface area contributed by atoms with Crippen LogP contribution in [0.5, 0.6) is 0 Å². The van der Waals surface area contributed by atoms with E-state index in [0.717, 1.165) is 12.4 Å². The summed E-state index contributed by atoms with van der Waals surface area (Å²) in [6, 6.07) is 0. The highest BCUT2D eigenvalue weighted by molar-refractivity contribution is 5.41. The van der Waals surface area contributed by atoms with Gasteiger partial charge in [-0.05, 0) is 18.6 Å². The lowest BCUT2D eigenvalue weighted by atomic mass is 9.99. The van der Waals surface area contributed by atoms with Crippen LogP contribution in [0.2, 0.25) is 0 Å². The van der Waals surface area contributed by atoms with Gasteiger partial charge in [-0.3, -0.25) is 4.98 Å². The Labute approximate surface area is 101 Å². The fraction of sp³-hybridized carbons (Fsp3) is 0.600. The minimum Gasteiger partial charge on any atom is -0.382 e. The molecular weight excluding hydrogens is 176 g/mol. The maximum Gasteiger partial charge on any atom is 0.149 e. The van der Waals surface area contributed by atoms with E-state index in [4.69, 9.17) is 22.2 Å². The Morgan fingerprint density at radius 2 is 2.43 bits per heavy atom. The van der Waals surface area contributed by atoms with Gasteiger partial charge in [-0.2, -0.15) is 0 Å². The van der Waals surface area contributed by atoms with Crippen molar-refractivity contribution >= 4 is 11.6 Å². The average molecular weight is 204 g/mol. The van der Waals surface area contributed by atoms with Gasteiger partial charge >= 0.3 is 0 Å². The van der Waals surface area contributed by atoms with Gasteiger partial charge in [0.25, 0.3) is 0 Å². The second kappa shape index (κ2) is 3.82. The summed E-state index contributed by atoms with van der Waals surface area (Å²) in [5.74, 6) is -4.68. The van der Waals surface area contributed by atoms with E-state index in [1.54, 1.807) is 0 Å². The summed E-state index contributed by atoms with van der Waals surface area (Å²) in [5.41, 5.74) is 5.44. The molecule has 0 atom stereocenters. The third kappa shape index (κ3) is 1.95. The lowest BCUT2D eigenvalue weighted by molar-refractivity contribution is 0.436. The molecule has 4 nitrogen and oxygen atoms in total. The number of hydrogen-bond acceptors (Lipinski definition) is 4. The molecule has 4 heteroatoms. The van der Waals surface area contributed by atoms with E-state index in [1.165, 1.54) is 0 Å². The molecule has 0 spiro atoms.